The molecule has 7 heteroatoms. The van der Waals surface area contributed by atoms with Gasteiger partial charge in [0.25, 0.3) is 0 Å². The molecular formula is C26H37FO6. The predicted molar refractivity (Wildman–Crippen MR) is 122 cm³/mol. The number of carbonyl (C=O) groups is 1. The first kappa shape index (κ1) is 25.7. The Hall–Kier alpha value is -1.96. The highest BCUT2D eigenvalue weighted by Crippen LogP contribution is 2.42. The normalized spacial score (nSPS) is 28.5. The van der Waals surface area contributed by atoms with Crippen LogP contribution in [-0.2, 0) is 14.3 Å². The lowest BCUT2D eigenvalue weighted by Gasteiger charge is -2.21. The van der Waals surface area contributed by atoms with E-state index in [1.54, 1.807) is 18.2 Å². The Kier molecular flexibility index (Phi) is 9.71. The molecule has 1 saturated carbocycles. The maximum atomic E-state index is 13.2. The third kappa shape index (κ3) is 8.09. The highest BCUT2D eigenvalue weighted by Gasteiger charge is 2.43. The molecule has 33 heavy (non-hydrogen) atoms. The Bertz CT molecular complexity index is 782. The van der Waals surface area contributed by atoms with E-state index in [1.807, 2.05) is 19.9 Å². The van der Waals surface area contributed by atoms with Gasteiger partial charge in [-0.05, 0) is 63.5 Å². The van der Waals surface area contributed by atoms with Crippen LogP contribution >= 0.6 is 0 Å². The van der Waals surface area contributed by atoms with Crippen LogP contribution in [0.4, 0.5) is 4.39 Å². The molecule has 0 radical (unpaired) electrons. The minimum atomic E-state index is -0.857. The Labute approximate surface area is 195 Å². The van der Waals surface area contributed by atoms with Gasteiger partial charge in [-0.3, -0.25) is 4.79 Å². The number of carbonyl (C=O) groups excluding carboxylic acids is 1. The number of aliphatic hydroxyl groups is 2. The Morgan fingerprint density at radius 1 is 1.33 bits per heavy atom. The summed E-state index contributed by atoms with van der Waals surface area (Å²) in [5.74, 6) is 0.338. The molecule has 0 spiro atoms. The highest BCUT2D eigenvalue weighted by atomic mass is 19.1. The van der Waals surface area contributed by atoms with Crippen molar-refractivity contribution in [1.82, 2.24) is 0 Å². The average molecular weight is 465 g/mol. The lowest BCUT2D eigenvalue weighted by molar-refractivity contribution is -0.147. The first-order chi connectivity index (χ1) is 15.8. The van der Waals surface area contributed by atoms with Gasteiger partial charge in [-0.15, -0.1) is 0 Å². The number of hydrogen-bond acceptors (Lipinski definition) is 6. The molecule has 0 aromatic heterocycles. The first-order valence-corrected chi connectivity index (χ1v) is 12.1. The molecule has 3 rings (SSSR count). The number of benzene rings is 1. The number of aliphatic hydroxyl groups excluding tert-OH is 2. The van der Waals surface area contributed by atoms with Crippen molar-refractivity contribution in [2.45, 2.75) is 76.8 Å². The maximum Gasteiger partial charge on any atom is 0.306 e. The lowest BCUT2D eigenvalue weighted by Crippen LogP contribution is -2.22. The summed E-state index contributed by atoms with van der Waals surface area (Å²) in [6.45, 7) is 4.36. The molecule has 1 heterocycles. The van der Waals surface area contributed by atoms with Gasteiger partial charge >= 0.3 is 5.97 Å². The zero-order valence-electron chi connectivity index (χ0n) is 19.6. The second-order valence-corrected chi connectivity index (χ2v) is 9.51. The molecule has 6 atom stereocenters. The van der Waals surface area contributed by atoms with Crippen molar-refractivity contribution in [2.75, 3.05) is 13.2 Å². The number of esters is 1. The zero-order chi connectivity index (χ0) is 23.8. The number of ether oxygens (including phenoxy) is 3. The van der Waals surface area contributed by atoms with Crippen LogP contribution in [0.1, 0.15) is 52.4 Å². The Balaban J connectivity index is 1.45. The Morgan fingerprint density at radius 2 is 2.15 bits per heavy atom. The largest absolute Gasteiger partial charge is 0.490 e. The van der Waals surface area contributed by atoms with E-state index in [9.17, 15) is 19.4 Å². The van der Waals surface area contributed by atoms with E-state index in [4.69, 9.17) is 14.2 Å². The molecule has 2 fully saturated rings. The van der Waals surface area contributed by atoms with E-state index in [-0.39, 0.29) is 42.4 Å². The van der Waals surface area contributed by atoms with Gasteiger partial charge in [0, 0.05) is 31.4 Å². The van der Waals surface area contributed by atoms with E-state index in [1.165, 1.54) is 12.1 Å². The van der Waals surface area contributed by atoms with Crippen LogP contribution in [0.5, 0.6) is 5.75 Å². The van der Waals surface area contributed by atoms with Crippen molar-refractivity contribution >= 4 is 5.97 Å². The predicted octanol–water partition coefficient (Wildman–Crippen LogP) is 4.04. The number of halogens is 1. The lowest BCUT2D eigenvalue weighted by atomic mass is 9.86. The molecule has 0 amide bonds. The average Bonchev–Trinajstić information content (AvgIpc) is 2.92. The topological polar surface area (TPSA) is 85.2 Å². The van der Waals surface area contributed by atoms with Gasteiger partial charge in [-0.25, -0.2) is 4.39 Å². The van der Waals surface area contributed by atoms with Crippen LogP contribution in [0.3, 0.4) is 0 Å². The molecule has 2 aliphatic rings. The summed E-state index contributed by atoms with van der Waals surface area (Å²) >= 11 is 0. The molecule has 1 aliphatic heterocycles. The third-order valence-electron chi connectivity index (χ3n) is 6.48. The van der Waals surface area contributed by atoms with Crippen LogP contribution in [0.15, 0.2) is 36.4 Å². The summed E-state index contributed by atoms with van der Waals surface area (Å²) < 4.78 is 30.0. The monoisotopic (exact) mass is 464 g/mol. The fourth-order valence-corrected chi connectivity index (χ4v) is 4.85. The summed E-state index contributed by atoms with van der Waals surface area (Å²) in [6.07, 6.45) is 6.75. The number of hydrogen-bond donors (Lipinski definition) is 2. The van der Waals surface area contributed by atoms with E-state index >= 15 is 0 Å². The van der Waals surface area contributed by atoms with Crippen molar-refractivity contribution in [2.24, 2.45) is 17.8 Å². The van der Waals surface area contributed by atoms with Crippen molar-refractivity contribution in [3.63, 3.8) is 0 Å². The number of rotatable bonds is 10. The maximum absolute atomic E-state index is 13.2. The van der Waals surface area contributed by atoms with Gasteiger partial charge < -0.3 is 24.4 Å². The zero-order valence-corrected chi connectivity index (χ0v) is 19.6. The van der Waals surface area contributed by atoms with Crippen LogP contribution < -0.4 is 4.74 Å². The summed E-state index contributed by atoms with van der Waals surface area (Å²) in [5.41, 5.74) is 0. The van der Waals surface area contributed by atoms with Crippen LogP contribution in [0, 0.1) is 23.6 Å². The van der Waals surface area contributed by atoms with E-state index < -0.39 is 12.2 Å². The van der Waals surface area contributed by atoms with E-state index in [0.29, 0.717) is 31.1 Å². The summed E-state index contributed by atoms with van der Waals surface area (Å²) in [4.78, 5) is 11.7. The fourth-order valence-electron chi connectivity index (χ4n) is 4.85. The second kappa shape index (κ2) is 12.5. The van der Waals surface area contributed by atoms with Gasteiger partial charge in [-0.1, -0.05) is 18.2 Å². The third-order valence-corrected chi connectivity index (χ3v) is 6.48. The SMILES string of the molecule is CC(C)OC(=O)CCC[C@H]1CC[C@@H]2[C@@H](C=C[C@@H](O)COc3cccc(F)c3)[C@H](O)C[C@@H]2OC1. The van der Waals surface area contributed by atoms with Crippen molar-refractivity contribution in [3.05, 3.63) is 42.2 Å². The molecular weight excluding hydrogens is 427 g/mol. The van der Waals surface area contributed by atoms with Gasteiger partial charge in [-0.2, -0.15) is 0 Å². The summed E-state index contributed by atoms with van der Waals surface area (Å²) in [7, 11) is 0. The van der Waals surface area contributed by atoms with Crippen molar-refractivity contribution < 1.29 is 33.6 Å². The first-order valence-electron chi connectivity index (χ1n) is 12.1. The fraction of sp³-hybridized carbons (Fsp3) is 0.654. The van der Waals surface area contributed by atoms with E-state index in [2.05, 4.69) is 0 Å². The van der Waals surface area contributed by atoms with Gasteiger partial charge in [0.2, 0.25) is 0 Å². The molecule has 0 bridgehead atoms. The van der Waals surface area contributed by atoms with Crippen molar-refractivity contribution in [3.8, 4) is 5.75 Å². The van der Waals surface area contributed by atoms with E-state index in [0.717, 1.165) is 25.7 Å². The Morgan fingerprint density at radius 3 is 2.91 bits per heavy atom. The van der Waals surface area contributed by atoms with Crippen LogP contribution in [0.25, 0.3) is 0 Å². The molecule has 1 saturated heterocycles. The molecule has 1 aromatic carbocycles. The molecule has 1 aromatic rings. The minimum Gasteiger partial charge on any atom is -0.490 e. The summed E-state index contributed by atoms with van der Waals surface area (Å²) in [5, 5.41) is 20.8. The second-order valence-electron chi connectivity index (χ2n) is 9.51. The molecule has 1 aliphatic carbocycles. The van der Waals surface area contributed by atoms with Gasteiger partial charge in [0.1, 0.15) is 24.3 Å². The highest BCUT2D eigenvalue weighted by molar-refractivity contribution is 5.69. The van der Waals surface area contributed by atoms with Gasteiger partial charge in [0.05, 0.1) is 18.3 Å². The molecule has 6 nitrogen and oxygen atoms in total. The molecule has 0 unspecified atom stereocenters. The van der Waals surface area contributed by atoms with Crippen molar-refractivity contribution in [1.29, 1.82) is 0 Å². The van der Waals surface area contributed by atoms with Gasteiger partial charge in [0.15, 0.2) is 0 Å². The molecule has 184 valence electrons. The standard InChI is InChI=1S/C26H37FO6/c1-17(2)33-26(30)8-3-5-18-9-11-23-22(24(29)14-25(23)32-15-18)12-10-20(28)16-31-21-7-4-6-19(27)13-21/h4,6-7,10,12-13,17-18,20,22-25,28-29H,3,5,8-9,11,14-16H2,1-2H3/t18-,20+,22+,23+,24+,25-/m0/s1. The minimum absolute atomic E-state index is 0.00578. The quantitative estimate of drug-likeness (QED) is 0.402. The smallest absolute Gasteiger partial charge is 0.306 e. The number of fused-ring (bicyclic) bond motifs is 1. The molecule has 2 N–H and O–H groups in total. The summed E-state index contributed by atoms with van der Waals surface area (Å²) in [6, 6.07) is 5.80. The van der Waals surface area contributed by atoms with Crippen LogP contribution in [-0.4, -0.2) is 53.8 Å². The van der Waals surface area contributed by atoms with Crippen LogP contribution in [0.2, 0.25) is 0 Å².